The fraction of sp³-hybridized carbons (Fsp3) is 0.182. The second-order valence-corrected chi connectivity index (χ2v) is 4.00. The highest BCUT2D eigenvalue weighted by molar-refractivity contribution is 6.02. The van der Waals surface area contributed by atoms with Gasteiger partial charge in [0.05, 0.1) is 29.9 Å². The predicted molar refractivity (Wildman–Crippen MR) is 65.7 cm³/mol. The lowest BCUT2D eigenvalue weighted by Gasteiger charge is -2.11. The number of amides is 2. The third-order valence-electron chi connectivity index (χ3n) is 2.58. The second-order valence-electron chi connectivity index (χ2n) is 4.00. The van der Waals surface area contributed by atoms with E-state index in [-0.39, 0.29) is 5.56 Å². The Morgan fingerprint density at radius 2 is 2.15 bits per heavy atom. The molecule has 9 heteroatoms. The first-order valence-corrected chi connectivity index (χ1v) is 5.58. The van der Waals surface area contributed by atoms with E-state index >= 15 is 0 Å². The van der Waals surface area contributed by atoms with Gasteiger partial charge in [-0.1, -0.05) is 0 Å². The number of nitrogens with zero attached hydrogens (tertiary/aromatic N) is 3. The Morgan fingerprint density at radius 1 is 1.40 bits per heavy atom. The number of carboxylic acids is 1. The van der Waals surface area contributed by atoms with Crippen molar-refractivity contribution in [3.63, 3.8) is 0 Å². The zero-order valence-electron chi connectivity index (χ0n) is 10.2. The molecule has 20 heavy (non-hydrogen) atoms. The summed E-state index contributed by atoms with van der Waals surface area (Å²) in [6, 6.07) is -1.38. The molecule has 104 valence electrons. The second kappa shape index (κ2) is 5.34. The van der Waals surface area contributed by atoms with Crippen molar-refractivity contribution in [2.45, 2.75) is 12.5 Å². The van der Waals surface area contributed by atoms with Gasteiger partial charge in [0.15, 0.2) is 0 Å². The van der Waals surface area contributed by atoms with Gasteiger partial charge in [0.25, 0.3) is 5.91 Å². The van der Waals surface area contributed by atoms with Gasteiger partial charge in [0, 0.05) is 12.4 Å². The first-order valence-electron chi connectivity index (χ1n) is 5.58. The quantitative estimate of drug-likeness (QED) is 0.626. The van der Waals surface area contributed by atoms with E-state index in [1.807, 2.05) is 0 Å². The van der Waals surface area contributed by atoms with Crippen LogP contribution in [-0.2, 0) is 9.59 Å². The molecule has 0 fully saturated rings. The largest absolute Gasteiger partial charge is 0.480 e. The van der Waals surface area contributed by atoms with Crippen LogP contribution in [0.2, 0.25) is 0 Å². The Hall–Kier alpha value is -2.97. The van der Waals surface area contributed by atoms with Gasteiger partial charge in [-0.25, -0.2) is 9.31 Å². The molecule has 2 heterocycles. The van der Waals surface area contributed by atoms with E-state index in [0.29, 0.717) is 5.52 Å². The van der Waals surface area contributed by atoms with Crippen LogP contribution in [0.5, 0.6) is 0 Å². The molecule has 9 nitrogen and oxygen atoms in total. The summed E-state index contributed by atoms with van der Waals surface area (Å²) in [6.07, 6.45) is 5.26. The molecule has 0 bridgehead atoms. The van der Waals surface area contributed by atoms with E-state index in [4.69, 9.17) is 10.8 Å². The van der Waals surface area contributed by atoms with Crippen LogP contribution >= 0.6 is 0 Å². The molecular weight excluding hydrogens is 266 g/mol. The van der Waals surface area contributed by atoms with Crippen LogP contribution in [0.1, 0.15) is 16.8 Å². The fourth-order valence-corrected chi connectivity index (χ4v) is 1.65. The van der Waals surface area contributed by atoms with Crippen LogP contribution in [0.15, 0.2) is 24.8 Å². The zero-order valence-corrected chi connectivity index (χ0v) is 10.2. The molecule has 0 spiro atoms. The van der Waals surface area contributed by atoms with Gasteiger partial charge in [-0.05, 0) is 0 Å². The molecule has 0 saturated carbocycles. The average molecular weight is 277 g/mol. The predicted octanol–water partition coefficient (Wildman–Crippen LogP) is -1.21. The third-order valence-corrected chi connectivity index (χ3v) is 2.58. The van der Waals surface area contributed by atoms with Crippen LogP contribution in [0, 0.1) is 0 Å². The summed E-state index contributed by atoms with van der Waals surface area (Å²) < 4.78 is 1.42. The molecule has 0 aliphatic carbocycles. The van der Waals surface area contributed by atoms with Gasteiger partial charge in [0.1, 0.15) is 6.04 Å². The SMILES string of the molecule is NC(=O)C[C@H](NC(=O)c1cnn2ccncc12)C(=O)O. The minimum absolute atomic E-state index is 0.161. The van der Waals surface area contributed by atoms with E-state index in [1.165, 1.54) is 23.1 Å². The molecule has 0 aliphatic rings. The topological polar surface area (TPSA) is 140 Å². The van der Waals surface area contributed by atoms with Crippen molar-refractivity contribution in [1.29, 1.82) is 0 Å². The number of rotatable bonds is 5. The van der Waals surface area contributed by atoms with Gasteiger partial charge in [-0.3, -0.25) is 14.6 Å². The van der Waals surface area contributed by atoms with Crippen molar-refractivity contribution in [3.05, 3.63) is 30.4 Å². The molecule has 2 rings (SSSR count). The first kappa shape index (κ1) is 13.5. The number of carboxylic acid groups (broad SMARTS) is 1. The minimum Gasteiger partial charge on any atom is -0.480 e. The van der Waals surface area contributed by atoms with Crippen molar-refractivity contribution in [2.24, 2.45) is 5.73 Å². The van der Waals surface area contributed by atoms with Gasteiger partial charge in [0.2, 0.25) is 5.91 Å². The van der Waals surface area contributed by atoms with Crippen molar-refractivity contribution >= 4 is 23.3 Å². The summed E-state index contributed by atoms with van der Waals surface area (Å²) >= 11 is 0. The van der Waals surface area contributed by atoms with Crippen LogP contribution in [-0.4, -0.2) is 43.5 Å². The van der Waals surface area contributed by atoms with Crippen LogP contribution < -0.4 is 11.1 Å². The summed E-state index contributed by atoms with van der Waals surface area (Å²) in [7, 11) is 0. The smallest absolute Gasteiger partial charge is 0.326 e. The number of primary amides is 1. The lowest BCUT2D eigenvalue weighted by molar-refractivity contribution is -0.140. The molecule has 0 aromatic carbocycles. The Labute approximate surface area is 112 Å². The summed E-state index contributed by atoms with van der Waals surface area (Å²) in [5.74, 6) is -2.83. The summed E-state index contributed by atoms with van der Waals surface area (Å²) in [5, 5.41) is 15.1. The summed E-state index contributed by atoms with van der Waals surface area (Å²) in [4.78, 5) is 37.6. The van der Waals surface area contributed by atoms with E-state index in [9.17, 15) is 14.4 Å². The molecule has 0 saturated heterocycles. The molecule has 0 unspecified atom stereocenters. The highest BCUT2D eigenvalue weighted by Crippen LogP contribution is 2.09. The summed E-state index contributed by atoms with van der Waals surface area (Å²) in [5.41, 5.74) is 5.52. The first-order chi connectivity index (χ1) is 9.49. The summed E-state index contributed by atoms with van der Waals surface area (Å²) in [6.45, 7) is 0. The molecule has 0 aliphatic heterocycles. The minimum atomic E-state index is -1.38. The van der Waals surface area contributed by atoms with Gasteiger partial charge < -0.3 is 16.2 Å². The van der Waals surface area contributed by atoms with Crippen LogP contribution in [0.25, 0.3) is 5.52 Å². The number of nitrogens with two attached hydrogens (primary N) is 1. The van der Waals surface area contributed by atoms with Crippen LogP contribution in [0.3, 0.4) is 0 Å². The van der Waals surface area contributed by atoms with Gasteiger partial charge in [-0.2, -0.15) is 5.10 Å². The standard InChI is InChI=1S/C11H11N5O4/c12-9(17)3-7(11(19)20)15-10(18)6-4-14-16-2-1-13-5-8(6)16/h1-2,4-5,7H,3H2,(H2,12,17)(H,15,18)(H,19,20)/t7-/m0/s1. The third kappa shape index (κ3) is 2.71. The number of nitrogens with one attached hydrogen (secondary N) is 1. The Balaban J connectivity index is 2.22. The molecular formula is C11H11N5O4. The maximum absolute atomic E-state index is 12.0. The van der Waals surface area contributed by atoms with Crippen molar-refractivity contribution in [2.75, 3.05) is 0 Å². The molecule has 4 N–H and O–H groups in total. The lowest BCUT2D eigenvalue weighted by Crippen LogP contribution is -2.43. The molecule has 1 atom stereocenters. The Morgan fingerprint density at radius 3 is 2.80 bits per heavy atom. The maximum Gasteiger partial charge on any atom is 0.326 e. The highest BCUT2D eigenvalue weighted by atomic mass is 16.4. The molecule has 0 radical (unpaired) electrons. The normalized spacial score (nSPS) is 12.0. The number of hydrogen-bond donors (Lipinski definition) is 3. The van der Waals surface area contributed by atoms with E-state index < -0.39 is 30.2 Å². The molecule has 2 aromatic rings. The number of carbonyl (C=O) groups excluding carboxylic acids is 2. The molecule has 2 aromatic heterocycles. The number of hydrogen-bond acceptors (Lipinski definition) is 5. The maximum atomic E-state index is 12.0. The van der Waals surface area contributed by atoms with E-state index in [1.54, 1.807) is 6.20 Å². The Bertz CT molecular complexity index is 680. The number of carbonyl (C=O) groups is 3. The highest BCUT2D eigenvalue weighted by Gasteiger charge is 2.24. The van der Waals surface area contributed by atoms with Crippen molar-refractivity contribution < 1.29 is 19.5 Å². The van der Waals surface area contributed by atoms with Crippen molar-refractivity contribution in [1.82, 2.24) is 19.9 Å². The zero-order chi connectivity index (χ0) is 14.7. The van der Waals surface area contributed by atoms with Gasteiger partial charge >= 0.3 is 5.97 Å². The number of aliphatic carboxylic acids is 1. The number of fused-ring (bicyclic) bond motifs is 1. The lowest BCUT2D eigenvalue weighted by atomic mass is 10.2. The number of aromatic nitrogens is 3. The van der Waals surface area contributed by atoms with E-state index in [0.717, 1.165) is 0 Å². The van der Waals surface area contributed by atoms with Crippen molar-refractivity contribution in [3.8, 4) is 0 Å². The molecule has 2 amide bonds. The van der Waals surface area contributed by atoms with Crippen LogP contribution in [0.4, 0.5) is 0 Å². The monoisotopic (exact) mass is 277 g/mol. The average Bonchev–Trinajstić information content (AvgIpc) is 2.81. The van der Waals surface area contributed by atoms with Gasteiger partial charge in [-0.15, -0.1) is 0 Å². The van der Waals surface area contributed by atoms with E-state index in [2.05, 4.69) is 15.4 Å². The fourth-order valence-electron chi connectivity index (χ4n) is 1.65. The Kier molecular flexibility index (Phi) is 3.60.